The number of rotatable bonds is 5. The van der Waals surface area contributed by atoms with Gasteiger partial charge in [0.2, 0.25) is 5.91 Å². The van der Waals surface area contributed by atoms with Crippen LogP contribution in [0.25, 0.3) is 5.82 Å². The van der Waals surface area contributed by atoms with Crippen LogP contribution in [0.4, 0.5) is 5.69 Å². The van der Waals surface area contributed by atoms with Crippen molar-refractivity contribution in [1.82, 2.24) is 19.6 Å². The molecule has 126 valence electrons. The number of Topliss-reactive ketones (excluding diaryl/α,β-unsaturated/α-hetero) is 1. The summed E-state index contributed by atoms with van der Waals surface area (Å²) in [6.07, 6.45) is 3.28. The minimum absolute atomic E-state index is 0.0518. The summed E-state index contributed by atoms with van der Waals surface area (Å²) in [5, 5.41) is 10.8. The molecule has 0 radical (unpaired) electrons. The molecular formula is C17H15N5O3. The lowest BCUT2D eigenvalue weighted by molar-refractivity contribution is -0.117. The Labute approximate surface area is 142 Å². The molecule has 1 amide bonds. The van der Waals surface area contributed by atoms with E-state index < -0.39 is 11.5 Å². The normalized spacial score (nSPS) is 10.4. The number of benzene rings is 1. The Bertz CT molecular complexity index is 959. The molecule has 0 saturated heterocycles. The Kier molecular flexibility index (Phi) is 4.51. The van der Waals surface area contributed by atoms with Gasteiger partial charge in [0.25, 0.3) is 5.56 Å². The molecule has 1 N–H and O–H groups in total. The van der Waals surface area contributed by atoms with Crippen molar-refractivity contribution in [2.45, 2.75) is 13.5 Å². The summed E-state index contributed by atoms with van der Waals surface area (Å²) in [4.78, 5) is 35.3. The van der Waals surface area contributed by atoms with Gasteiger partial charge in [-0.25, -0.2) is 9.36 Å². The lowest BCUT2D eigenvalue weighted by Crippen LogP contribution is -2.30. The van der Waals surface area contributed by atoms with Gasteiger partial charge in [0.1, 0.15) is 6.54 Å². The van der Waals surface area contributed by atoms with Crippen molar-refractivity contribution in [2.75, 3.05) is 5.32 Å². The molecule has 0 unspecified atom stereocenters. The van der Waals surface area contributed by atoms with Crippen molar-refractivity contribution >= 4 is 17.4 Å². The van der Waals surface area contributed by atoms with Crippen LogP contribution in [0, 0.1) is 0 Å². The fraction of sp³-hybridized carbons (Fsp3) is 0.118. The van der Waals surface area contributed by atoms with Crippen LogP contribution >= 0.6 is 0 Å². The summed E-state index contributed by atoms with van der Waals surface area (Å²) >= 11 is 0. The van der Waals surface area contributed by atoms with Crippen LogP contribution in [0.2, 0.25) is 0 Å². The van der Waals surface area contributed by atoms with Gasteiger partial charge in [-0.15, -0.1) is 5.10 Å². The third-order valence-electron chi connectivity index (χ3n) is 3.46. The van der Waals surface area contributed by atoms with Crippen molar-refractivity contribution < 1.29 is 9.59 Å². The third-order valence-corrected chi connectivity index (χ3v) is 3.46. The molecular weight excluding hydrogens is 322 g/mol. The molecule has 0 aliphatic heterocycles. The lowest BCUT2D eigenvalue weighted by atomic mass is 10.1. The predicted molar refractivity (Wildman–Crippen MR) is 90.7 cm³/mol. The van der Waals surface area contributed by atoms with Crippen LogP contribution in [0.15, 0.2) is 59.7 Å². The highest BCUT2D eigenvalue weighted by molar-refractivity contribution is 5.95. The molecule has 0 spiro atoms. The second-order valence-corrected chi connectivity index (χ2v) is 5.32. The van der Waals surface area contributed by atoms with Crippen LogP contribution in [-0.2, 0) is 11.3 Å². The summed E-state index contributed by atoms with van der Waals surface area (Å²) in [5.74, 6) is -0.0185. The van der Waals surface area contributed by atoms with Crippen LogP contribution in [0.1, 0.15) is 17.3 Å². The van der Waals surface area contributed by atoms with E-state index in [0.717, 1.165) is 4.68 Å². The highest BCUT2D eigenvalue weighted by Gasteiger charge is 2.09. The van der Waals surface area contributed by atoms with Gasteiger partial charge in [0.15, 0.2) is 11.6 Å². The Morgan fingerprint density at radius 3 is 2.52 bits per heavy atom. The van der Waals surface area contributed by atoms with E-state index in [1.807, 2.05) is 0 Å². The van der Waals surface area contributed by atoms with Crippen molar-refractivity contribution in [3.05, 3.63) is 70.8 Å². The first-order chi connectivity index (χ1) is 12.0. The number of carbonyl (C=O) groups excluding carboxylic acids is 2. The minimum Gasteiger partial charge on any atom is -0.324 e. The Morgan fingerprint density at radius 1 is 1.12 bits per heavy atom. The van der Waals surface area contributed by atoms with Gasteiger partial charge in [-0.2, -0.15) is 5.10 Å². The van der Waals surface area contributed by atoms with Crippen LogP contribution < -0.4 is 10.9 Å². The third kappa shape index (κ3) is 3.86. The first-order valence-electron chi connectivity index (χ1n) is 7.52. The molecule has 0 bridgehead atoms. The number of hydrogen-bond acceptors (Lipinski definition) is 5. The Morgan fingerprint density at radius 2 is 1.88 bits per heavy atom. The highest BCUT2D eigenvalue weighted by Crippen LogP contribution is 2.10. The van der Waals surface area contributed by atoms with E-state index in [1.54, 1.807) is 42.7 Å². The van der Waals surface area contributed by atoms with E-state index >= 15 is 0 Å². The quantitative estimate of drug-likeness (QED) is 0.707. The predicted octanol–water partition coefficient (Wildman–Crippen LogP) is 1.27. The van der Waals surface area contributed by atoms with E-state index in [-0.39, 0.29) is 12.3 Å². The maximum absolute atomic E-state index is 12.2. The standard InChI is InChI=1S/C17H15N5O3/c1-12(23)13-3-5-14(6-4-13)19-16(24)11-22-17(25)8-7-15(20-22)21-10-2-9-18-21/h2-10H,11H2,1H3,(H,19,24). The van der Waals surface area contributed by atoms with Crippen molar-refractivity contribution in [2.24, 2.45) is 0 Å². The summed E-state index contributed by atoms with van der Waals surface area (Å²) < 4.78 is 2.56. The van der Waals surface area contributed by atoms with Gasteiger partial charge in [-0.1, -0.05) is 0 Å². The molecule has 0 aliphatic rings. The van der Waals surface area contributed by atoms with Crippen LogP contribution in [0.5, 0.6) is 0 Å². The van der Waals surface area contributed by atoms with Gasteiger partial charge < -0.3 is 5.32 Å². The Balaban J connectivity index is 1.73. The SMILES string of the molecule is CC(=O)c1ccc(NC(=O)Cn2nc(-n3cccn3)ccc2=O)cc1. The molecule has 8 nitrogen and oxygen atoms in total. The number of aromatic nitrogens is 4. The highest BCUT2D eigenvalue weighted by atomic mass is 16.2. The molecule has 0 fully saturated rings. The molecule has 0 aliphatic carbocycles. The second-order valence-electron chi connectivity index (χ2n) is 5.32. The minimum atomic E-state index is -0.400. The molecule has 0 atom stereocenters. The monoisotopic (exact) mass is 337 g/mol. The zero-order chi connectivity index (χ0) is 17.8. The average molecular weight is 337 g/mol. The summed E-state index contributed by atoms with van der Waals surface area (Å²) in [7, 11) is 0. The first kappa shape index (κ1) is 16.3. The molecule has 3 aromatic rings. The molecule has 1 aromatic carbocycles. The van der Waals surface area contributed by atoms with Gasteiger partial charge in [0.05, 0.1) is 0 Å². The maximum Gasteiger partial charge on any atom is 0.267 e. The smallest absolute Gasteiger partial charge is 0.267 e. The molecule has 0 saturated carbocycles. The van der Waals surface area contributed by atoms with Gasteiger partial charge in [-0.05, 0) is 43.3 Å². The van der Waals surface area contributed by atoms with Crippen molar-refractivity contribution in [3.63, 3.8) is 0 Å². The second kappa shape index (κ2) is 6.91. The van der Waals surface area contributed by atoms with E-state index in [2.05, 4.69) is 15.5 Å². The van der Waals surface area contributed by atoms with E-state index in [4.69, 9.17) is 0 Å². The fourth-order valence-electron chi connectivity index (χ4n) is 2.20. The maximum atomic E-state index is 12.2. The molecule has 3 rings (SSSR count). The number of anilines is 1. The number of nitrogens with one attached hydrogen (secondary N) is 1. The number of hydrogen-bond donors (Lipinski definition) is 1. The lowest BCUT2D eigenvalue weighted by Gasteiger charge is -2.08. The fourth-order valence-corrected chi connectivity index (χ4v) is 2.20. The topological polar surface area (TPSA) is 98.9 Å². The van der Waals surface area contributed by atoms with Gasteiger partial charge in [0, 0.05) is 29.7 Å². The number of nitrogens with zero attached hydrogens (tertiary/aromatic N) is 4. The summed E-state index contributed by atoms with van der Waals surface area (Å²) in [6.45, 7) is 1.24. The van der Waals surface area contributed by atoms with Gasteiger partial charge >= 0.3 is 0 Å². The van der Waals surface area contributed by atoms with Crippen molar-refractivity contribution in [3.8, 4) is 5.82 Å². The molecule has 2 aromatic heterocycles. The summed E-state index contributed by atoms with van der Waals surface area (Å²) in [6, 6.07) is 11.1. The largest absolute Gasteiger partial charge is 0.324 e. The number of amides is 1. The summed E-state index contributed by atoms with van der Waals surface area (Å²) in [5.41, 5.74) is 0.701. The average Bonchev–Trinajstić information content (AvgIpc) is 3.12. The van der Waals surface area contributed by atoms with E-state index in [0.29, 0.717) is 17.1 Å². The molecule has 8 heteroatoms. The van der Waals surface area contributed by atoms with Crippen LogP contribution in [-0.4, -0.2) is 31.3 Å². The number of ketones is 1. The zero-order valence-corrected chi connectivity index (χ0v) is 13.4. The van der Waals surface area contributed by atoms with Crippen LogP contribution in [0.3, 0.4) is 0 Å². The zero-order valence-electron chi connectivity index (χ0n) is 13.4. The first-order valence-corrected chi connectivity index (χ1v) is 7.52. The van der Waals surface area contributed by atoms with E-state index in [9.17, 15) is 14.4 Å². The molecule has 25 heavy (non-hydrogen) atoms. The van der Waals surface area contributed by atoms with Crippen molar-refractivity contribution in [1.29, 1.82) is 0 Å². The van der Waals surface area contributed by atoms with E-state index in [1.165, 1.54) is 23.7 Å². The van der Waals surface area contributed by atoms with Gasteiger partial charge in [-0.3, -0.25) is 14.4 Å². The Hall–Kier alpha value is -3.55. The molecule has 2 heterocycles. The number of carbonyl (C=O) groups is 2.